The van der Waals surface area contributed by atoms with E-state index in [1.165, 1.54) is 6.92 Å². The molecular formula is C11H20O3. The van der Waals surface area contributed by atoms with E-state index < -0.39 is 0 Å². The molecule has 0 atom stereocenters. The number of esters is 1. The first-order valence-corrected chi connectivity index (χ1v) is 4.91. The summed E-state index contributed by atoms with van der Waals surface area (Å²) in [5.74, 6) is -0.0381. The van der Waals surface area contributed by atoms with Gasteiger partial charge in [-0.15, -0.1) is 0 Å². The Morgan fingerprint density at radius 3 is 2.14 bits per heavy atom. The highest BCUT2D eigenvalue weighted by molar-refractivity contribution is 5.80. The maximum absolute atomic E-state index is 11.5. The van der Waals surface area contributed by atoms with Gasteiger partial charge in [0.2, 0.25) is 0 Å². The highest BCUT2D eigenvalue weighted by Gasteiger charge is 2.24. The molecule has 0 saturated heterocycles. The fourth-order valence-corrected chi connectivity index (χ4v) is 1.02. The molecule has 0 bridgehead atoms. The van der Waals surface area contributed by atoms with E-state index in [9.17, 15) is 9.59 Å². The summed E-state index contributed by atoms with van der Waals surface area (Å²) in [6.07, 6.45) is 0.456. The van der Waals surface area contributed by atoms with Crippen molar-refractivity contribution in [3.05, 3.63) is 0 Å². The smallest absolute Gasteiger partial charge is 0.302 e. The molecule has 0 fully saturated rings. The van der Waals surface area contributed by atoms with Crippen LogP contribution < -0.4 is 0 Å². The third-order valence-corrected chi connectivity index (χ3v) is 1.96. The van der Waals surface area contributed by atoms with Gasteiger partial charge in [-0.2, -0.15) is 0 Å². The summed E-state index contributed by atoms with van der Waals surface area (Å²) in [6, 6.07) is 0. The molecular weight excluding hydrogens is 180 g/mol. The summed E-state index contributed by atoms with van der Waals surface area (Å²) in [5, 5.41) is 0. The number of carbonyl (C=O) groups is 2. The van der Waals surface area contributed by atoms with E-state index in [-0.39, 0.29) is 23.1 Å². The average Bonchev–Trinajstić information content (AvgIpc) is 2.00. The number of ketones is 1. The van der Waals surface area contributed by atoms with Crippen LogP contribution in [0.2, 0.25) is 0 Å². The lowest BCUT2D eigenvalue weighted by Crippen LogP contribution is -2.26. The van der Waals surface area contributed by atoms with Gasteiger partial charge in [-0.25, -0.2) is 0 Å². The van der Waals surface area contributed by atoms with Crippen LogP contribution in [0.4, 0.5) is 0 Å². The van der Waals surface area contributed by atoms with Crippen molar-refractivity contribution in [2.45, 2.75) is 41.0 Å². The minimum atomic E-state index is -0.296. The number of rotatable bonds is 5. The first kappa shape index (κ1) is 13.1. The fraction of sp³-hybridized carbons (Fsp3) is 0.818. The van der Waals surface area contributed by atoms with E-state index in [1.807, 2.05) is 27.7 Å². The lowest BCUT2D eigenvalue weighted by atomic mass is 9.85. The number of hydrogen-bond donors (Lipinski definition) is 0. The van der Waals surface area contributed by atoms with Gasteiger partial charge in [0, 0.05) is 24.7 Å². The quantitative estimate of drug-likeness (QED) is 0.639. The molecule has 0 amide bonds. The summed E-state index contributed by atoms with van der Waals surface area (Å²) < 4.78 is 4.90. The monoisotopic (exact) mass is 200 g/mol. The molecule has 0 aromatic heterocycles. The van der Waals surface area contributed by atoms with Crippen molar-refractivity contribution < 1.29 is 14.3 Å². The van der Waals surface area contributed by atoms with Crippen LogP contribution in [-0.4, -0.2) is 18.4 Å². The first-order valence-electron chi connectivity index (χ1n) is 4.91. The number of hydrogen-bond acceptors (Lipinski definition) is 3. The molecule has 0 aromatic carbocycles. The Kier molecular flexibility index (Phi) is 4.81. The Morgan fingerprint density at radius 1 is 1.29 bits per heavy atom. The van der Waals surface area contributed by atoms with Crippen molar-refractivity contribution in [2.75, 3.05) is 6.61 Å². The predicted molar refractivity (Wildman–Crippen MR) is 54.9 cm³/mol. The molecule has 82 valence electrons. The van der Waals surface area contributed by atoms with Crippen LogP contribution in [0, 0.1) is 11.3 Å². The molecule has 0 heterocycles. The van der Waals surface area contributed by atoms with Gasteiger partial charge in [-0.05, 0) is 0 Å². The van der Waals surface area contributed by atoms with Gasteiger partial charge >= 0.3 is 5.97 Å². The largest absolute Gasteiger partial charge is 0.465 e. The normalized spacial score (nSPS) is 11.6. The van der Waals surface area contributed by atoms with Gasteiger partial charge < -0.3 is 4.74 Å². The summed E-state index contributed by atoms with van der Waals surface area (Å²) in [7, 11) is 0. The Morgan fingerprint density at radius 2 is 1.79 bits per heavy atom. The van der Waals surface area contributed by atoms with Gasteiger partial charge in [-0.3, -0.25) is 9.59 Å². The van der Waals surface area contributed by atoms with Crippen molar-refractivity contribution in [1.29, 1.82) is 0 Å². The first-order chi connectivity index (χ1) is 6.24. The van der Waals surface area contributed by atoms with Gasteiger partial charge in [0.25, 0.3) is 0 Å². The highest BCUT2D eigenvalue weighted by Crippen LogP contribution is 2.23. The van der Waals surface area contributed by atoms with E-state index in [2.05, 4.69) is 0 Å². The molecule has 0 saturated carbocycles. The Balaban J connectivity index is 4.06. The van der Waals surface area contributed by atoms with E-state index in [1.54, 1.807) is 0 Å². The molecule has 0 unspecified atom stereocenters. The molecule has 3 heteroatoms. The van der Waals surface area contributed by atoms with Crippen molar-refractivity contribution in [2.24, 2.45) is 11.3 Å². The Bertz CT molecular complexity index is 217. The molecule has 0 aliphatic heterocycles. The zero-order valence-corrected chi connectivity index (χ0v) is 9.72. The van der Waals surface area contributed by atoms with Gasteiger partial charge in [0.15, 0.2) is 0 Å². The second kappa shape index (κ2) is 5.13. The Labute approximate surface area is 85.8 Å². The minimum Gasteiger partial charge on any atom is -0.465 e. The molecule has 3 nitrogen and oxygen atoms in total. The van der Waals surface area contributed by atoms with Gasteiger partial charge in [-0.1, -0.05) is 27.7 Å². The molecule has 0 radical (unpaired) electrons. The summed E-state index contributed by atoms with van der Waals surface area (Å²) in [4.78, 5) is 22.1. The number of ether oxygens (including phenoxy) is 1. The SMILES string of the molecule is CC(=O)OCC(C)(C)CC(=O)C(C)C. The molecule has 0 spiro atoms. The predicted octanol–water partition coefficient (Wildman–Crippen LogP) is 2.19. The maximum Gasteiger partial charge on any atom is 0.302 e. The molecule has 0 aromatic rings. The van der Waals surface area contributed by atoms with E-state index in [0.29, 0.717) is 13.0 Å². The van der Waals surface area contributed by atoms with Crippen LogP contribution in [0.15, 0.2) is 0 Å². The fourth-order valence-electron chi connectivity index (χ4n) is 1.02. The van der Waals surface area contributed by atoms with Crippen LogP contribution in [0.3, 0.4) is 0 Å². The van der Waals surface area contributed by atoms with Crippen LogP contribution in [-0.2, 0) is 14.3 Å². The zero-order valence-electron chi connectivity index (χ0n) is 9.72. The van der Waals surface area contributed by atoms with Crippen molar-refractivity contribution >= 4 is 11.8 Å². The van der Waals surface area contributed by atoms with E-state index in [0.717, 1.165) is 0 Å². The zero-order chi connectivity index (χ0) is 11.4. The molecule has 0 rings (SSSR count). The molecule has 0 aliphatic rings. The standard InChI is InChI=1S/C11H20O3/c1-8(2)10(13)6-11(4,5)7-14-9(3)12/h8H,6-7H2,1-5H3. The average molecular weight is 200 g/mol. The van der Waals surface area contributed by atoms with Crippen LogP contribution in [0.25, 0.3) is 0 Å². The minimum absolute atomic E-state index is 0.0478. The second-order valence-corrected chi connectivity index (χ2v) is 4.74. The molecule has 0 aliphatic carbocycles. The van der Waals surface area contributed by atoms with Crippen molar-refractivity contribution in [3.63, 3.8) is 0 Å². The van der Waals surface area contributed by atoms with Crippen LogP contribution in [0.5, 0.6) is 0 Å². The second-order valence-electron chi connectivity index (χ2n) is 4.74. The summed E-state index contributed by atoms with van der Waals surface area (Å²) >= 11 is 0. The summed E-state index contributed by atoms with van der Waals surface area (Å²) in [6.45, 7) is 9.29. The van der Waals surface area contributed by atoms with Crippen LogP contribution in [0.1, 0.15) is 41.0 Å². The third kappa shape index (κ3) is 5.73. The Hall–Kier alpha value is -0.860. The third-order valence-electron chi connectivity index (χ3n) is 1.96. The van der Waals surface area contributed by atoms with Crippen LogP contribution >= 0.6 is 0 Å². The molecule has 14 heavy (non-hydrogen) atoms. The maximum atomic E-state index is 11.5. The van der Waals surface area contributed by atoms with Crippen molar-refractivity contribution in [1.82, 2.24) is 0 Å². The number of Topliss-reactive ketones (excluding diaryl/α,β-unsaturated/α-hetero) is 1. The number of carbonyl (C=O) groups excluding carboxylic acids is 2. The van der Waals surface area contributed by atoms with E-state index >= 15 is 0 Å². The highest BCUT2D eigenvalue weighted by atomic mass is 16.5. The van der Waals surface area contributed by atoms with E-state index in [4.69, 9.17) is 4.74 Å². The molecule has 0 N–H and O–H groups in total. The van der Waals surface area contributed by atoms with Gasteiger partial charge in [0.1, 0.15) is 5.78 Å². The topological polar surface area (TPSA) is 43.4 Å². The summed E-state index contributed by atoms with van der Waals surface area (Å²) in [5.41, 5.74) is -0.257. The van der Waals surface area contributed by atoms with Gasteiger partial charge in [0.05, 0.1) is 6.61 Å². The lowest BCUT2D eigenvalue weighted by molar-refractivity contribution is -0.145. The lowest BCUT2D eigenvalue weighted by Gasteiger charge is -2.23. The van der Waals surface area contributed by atoms with Crippen molar-refractivity contribution in [3.8, 4) is 0 Å².